The molecule has 45 heavy (non-hydrogen) atoms. The number of fused-ring (bicyclic) bond motifs is 1. The van der Waals surface area contributed by atoms with Gasteiger partial charge in [0, 0.05) is 17.0 Å². The number of carboxylic acids is 1. The molecule has 13 heteroatoms. The largest absolute Gasteiger partial charge is 1.00 e. The van der Waals surface area contributed by atoms with E-state index in [2.05, 4.69) is 19.6 Å². The van der Waals surface area contributed by atoms with E-state index in [9.17, 15) is 29.1 Å². The summed E-state index contributed by atoms with van der Waals surface area (Å²) in [6.07, 6.45) is 0. The monoisotopic (exact) mass is 632 g/mol. The number of carbonyl (C=O) groups is 4. The summed E-state index contributed by atoms with van der Waals surface area (Å²) in [6, 6.07) is 16.4. The summed E-state index contributed by atoms with van der Waals surface area (Å²) < 4.78 is 12.1. The molecule has 1 fully saturated rings. The molecule has 0 aliphatic heterocycles. The third-order valence-electron chi connectivity index (χ3n) is 7.98. The number of ketones is 3. The third kappa shape index (κ3) is 5.66. The number of ether oxygens (including phenoxy) is 1. The van der Waals surface area contributed by atoms with Crippen LogP contribution >= 0.6 is 0 Å². The van der Waals surface area contributed by atoms with Crippen molar-refractivity contribution in [2.75, 3.05) is 6.61 Å². The minimum absolute atomic E-state index is 0. The number of aromatic amines is 1. The Hall–Kier alpha value is -4.01. The number of nitrogens with one attached hydrogen (secondary N) is 1. The first-order valence-electron chi connectivity index (χ1n) is 13.9. The normalized spacial score (nSPS) is 16.3. The fourth-order valence-electron chi connectivity index (χ4n) is 5.82. The van der Waals surface area contributed by atoms with Crippen molar-refractivity contribution >= 4 is 34.4 Å². The maximum Gasteiger partial charge on any atom is 1.00 e. The Kier molecular flexibility index (Phi) is 9.19. The van der Waals surface area contributed by atoms with Gasteiger partial charge >= 0.3 is 57.1 Å². The Bertz CT molecular complexity index is 2060. The number of hydrogen-bond acceptors (Lipinski definition) is 10. The van der Waals surface area contributed by atoms with Gasteiger partial charge < -0.3 is 14.6 Å². The number of aromatic carboxylic acids is 1. The number of hydrogen-bond donors (Lipinski definition) is 1. The molecule has 12 nitrogen and oxygen atoms in total. The van der Waals surface area contributed by atoms with E-state index in [1.165, 1.54) is 13.0 Å². The predicted molar refractivity (Wildman–Crippen MR) is 154 cm³/mol. The summed E-state index contributed by atoms with van der Waals surface area (Å²) in [4.78, 5) is 68.3. The topological polar surface area (TPSA) is 177 Å². The molecule has 1 N–H and O–H groups in total. The standard InChI is InChI=1S/C32H26N4O8.K/c1-4-43-31-33-24-15(2)21(23-16(3)26(37)28(39)27(23)38)13-22(30(40)41)25(24)36(31)14-17-9-11-18(12-10-17)19-7-5-6-8-20(19)29-34-32(42)44-35-29;/h5-13,16,23H,4,14H2,1-3H3,(H,40,41)(H,34,35,42);/q;+1/p-1. The van der Waals surface area contributed by atoms with E-state index >= 15 is 0 Å². The van der Waals surface area contributed by atoms with Gasteiger partial charge in [-0.05, 0) is 47.7 Å². The molecule has 2 aromatic heterocycles. The minimum Gasteiger partial charge on any atom is -0.545 e. The molecule has 1 saturated carbocycles. The predicted octanol–water partition coefficient (Wildman–Crippen LogP) is -0.390. The molecule has 5 aromatic rings. The van der Waals surface area contributed by atoms with Crippen LogP contribution in [-0.2, 0) is 20.9 Å². The number of Topliss-reactive ketones (excluding diaryl/α,β-unsaturated/α-hetero) is 3. The smallest absolute Gasteiger partial charge is 0.545 e. The molecule has 1 aliphatic carbocycles. The number of carbonyl (C=O) groups excluding carboxylic acids is 4. The average Bonchev–Trinajstić information content (AvgIpc) is 3.66. The molecule has 3 aromatic carbocycles. The maximum absolute atomic E-state index is 12.7. The van der Waals surface area contributed by atoms with E-state index < -0.39 is 40.9 Å². The van der Waals surface area contributed by atoms with E-state index in [1.807, 2.05) is 48.5 Å². The van der Waals surface area contributed by atoms with Crippen LogP contribution in [0.25, 0.3) is 33.5 Å². The van der Waals surface area contributed by atoms with Crippen molar-refractivity contribution in [3.8, 4) is 28.5 Å². The van der Waals surface area contributed by atoms with E-state index in [0.29, 0.717) is 17.0 Å². The van der Waals surface area contributed by atoms with Gasteiger partial charge in [0.1, 0.15) is 0 Å². The molecule has 0 spiro atoms. The van der Waals surface area contributed by atoms with Crippen LogP contribution in [0.1, 0.15) is 46.8 Å². The van der Waals surface area contributed by atoms with Crippen LogP contribution in [0.15, 0.2) is 63.9 Å². The van der Waals surface area contributed by atoms with Gasteiger partial charge in [0.05, 0.1) is 36.1 Å². The van der Waals surface area contributed by atoms with Crippen molar-refractivity contribution in [2.24, 2.45) is 5.92 Å². The molecule has 2 atom stereocenters. The SMILES string of the molecule is CCOc1nc2c(C)c(C3C(=O)C(=O)C(=O)C3C)cc(C(=O)[O-])c2n1Cc1ccc(-c2ccccc2-c2noc(=O)[nH]2)cc1.[K+]. The van der Waals surface area contributed by atoms with Crippen molar-refractivity contribution in [3.05, 3.63) is 87.4 Å². The van der Waals surface area contributed by atoms with E-state index in [4.69, 9.17) is 4.74 Å². The van der Waals surface area contributed by atoms with Gasteiger partial charge in [-0.25, -0.2) is 4.79 Å². The van der Waals surface area contributed by atoms with Crippen molar-refractivity contribution < 1.29 is 84.9 Å². The fourth-order valence-corrected chi connectivity index (χ4v) is 5.82. The van der Waals surface area contributed by atoms with Gasteiger partial charge in [-0.1, -0.05) is 60.6 Å². The van der Waals surface area contributed by atoms with Gasteiger partial charge in [0.2, 0.25) is 11.6 Å². The van der Waals surface area contributed by atoms with Gasteiger partial charge in [-0.15, -0.1) is 0 Å². The summed E-state index contributed by atoms with van der Waals surface area (Å²) in [6.45, 7) is 5.35. The molecule has 1 aliphatic rings. The van der Waals surface area contributed by atoms with Crippen molar-refractivity contribution in [1.82, 2.24) is 19.7 Å². The van der Waals surface area contributed by atoms with Gasteiger partial charge in [-0.2, -0.15) is 4.98 Å². The third-order valence-corrected chi connectivity index (χ3v) is 7.98. The van der Waals surface area contributed by atoms with Crippen molar-refractivity contribution in [1.29, 1.82) is 0 Å². The second-order valence-corrected chi connectivity index (χ2v) is 10.5. The molecule has 6 rings (SSSR count). The quantitative estimate of drug-likeness (QED) is 0.175. The van der Waals surface area contributed by atoms with Gasteiger partial charge in [-0.3, -0.25) is 28.5 Å². The molecule has 2 unspecified atom stereocenters. The minimum atomic E-state index is -1.51. The van der Waals surface area contributed by atoms with Crippen LogP contribution in [0.4, 0.5) is 0 Å². The van der Waals surface area contributed by atoms with Gasteiger partial charge in [0.25, 0.3) is 11.8 Å². The van der Waals surface area contributed by atoms with E-state index in [1.54, 1.807) is 18.4 Å². The first-order chi connectivity index (χ1) is 21.1. The summed E-state index contributed by atoms with van der Waals surface area (Å²) in [7, 11) is 0. The second-order valence-electron chi connectivity index (χ2n) is 10.5. The molecule has 0 saturated heterocycles. The Morgan fingerprint density at radius 1 is 1.04 bits per heavy atom. The zero-order chi connectivity index (χ0) is 31.3. The van der Waals surface area contributed by atoms with Crippen LogP contribution in [0.5, 0.6) is 6.01 Å². The number of benzene rings is 3. The first kappa shape index (κ1) is 32.4. The Morgan fingerprint density at radius 3 is 2.31 bits per heavy atom. The van der Waals surface area contributed by atoms with Crippen LogP contribution in [0.3, 0.4) is 0 Å². The number of nitrogens with zero attached hydrogens (tertiary/aromatic N) is 3. The van der Waals surface area contributed by atoms with Crippen molar-refractivity contribution in [2.45, 2.75) is 33.2 Å². The molecule has 0 radical (unpaired) electrons. The van der Waals surface area contributed by atoms with Crippen LogP contribution in [0.2, 0.25) is 0 Å². The molecular formula is C32H25KN4O8. The molecule has 222 valence electrons. The molecule has 0 amide bonds. The molecular weight excluding hydrogens is 607 g/mol. The van der Waals surface area contributed by atoms with E-state index in [0.717, 1.165) is 16.7 Å². The fraction of sp³-hybridized carbons (Fsp3) is 0.219. The first-order valence-corrected chi connectivity index (χ1v) is 13.9. The number of aromatic nitrogens is 4. The zero-order valence-electron chi connectivity index (χ0n) is 24.9. The number of H-pyrrole nitrogens is 1. The molecule has 0 bridgehead atoms. The maximum atomic E-state index is 12.7. The van der Waals surface area contributed by atoms with Crippen LogP contribution in [-0.4, -0.2) is 49.6 Å². The zero-order valence-corrected chi connectivity index (χ0v) is 28.0. The van der Waals surface area contributed by atoms with Gasteiger partial charge in [0.15, 0.2) is 5.82 Å². The second kappa shape index (κ2) is 12.8. The Labute approximate surface area is 298 Å². The summed E-state index contributed by atoms with van der Waals surface area (Å²) in [5, 5.41) is 16.3. The molecule has 2 heterocycles. The number of imidazole rings is 1. The Balaban J connectivity index is 0.00000400. The van der Waals surface area contributed by atoms with E-state index in [-0.39, 0.29) is 92.7 Å². The average molecular weight is 633 g/mol. The summed E-state index contributed by atoms with van der Waals surface area (Å²) in [5.41, 5.74) is 4.09. The number of rotatable bonds is 8. The van der Waals surface area contributed by atoms with Crippen LogP contribution < -0.4 is 67.0 Å². The summed E-state index contributed by atoms with van der Waals surface area (Å²) >= 11 is 0. The van der Waals surface area contributed by atoms with Crippen LogP contribution in [0, 0.1) is 12.8 Å². The summed E-state index contributed by atoms with van der Waals surface area (Å²) in [5.74, 6) is -6.65. The number of aryl methyl sites for hydroxylation is 1. The van der Waals surface area contributed by atoms with Crippen molar-refractivity contribution in [3.63, 3.8) is 0 Å². The Morgan fingerprint density at radius 2 is 1.73 bits per heavy atom. The number of carboxylic acid groups (broad SMARTS) is 1.